The van der Waals surface area contributed by atoms with Gasteiger partial charge in [0.25, 0.3) is 5.89 Å². The molecule has 146 valence electrons. The smallest absolute Gasteiger partial charge is 0.274 e. The van der Waals surface area contributed by atoms with Crippen LogP contribution in [-0.2, 0) is 17.9 Å². The van der Waals surface area contributed by atoms with Crippen LogP contribution < -0.4 is 5.32 Å². The molecule has 1 N–H and O–H groups in total. The molecule has 0 radical (unpaired) electrons. The molecule has 29 heavy (non-hydrogen) atoms. The summed E-state index contributed by atoms with van der Waals surface area (Å²) in [5.74, 6) is 0.630. The van der Waals surface area contributed by atoms with Crippen LogP contribution in [0, 0.1) is 0 Å². The maximum atomic E-state index is 12.4. The summed E-state index contributed by atoms with van der Waals surface area (Å²) in [5.41, 5.74) is 2.39. The third kappa shape index (κ3) is 4.67. The summed E-state index contributed by atoms with van der Waals surface area (Å²) < 4.78 is 7.15. The number of carbonyl (C=O) groups is 1. The van der Waals surface area contributed by atoms with Crippen molar-refractivity contribution in [3.8, 4) is 23.0 Å². The van der Waals surface area contributed by atoms with E-state index in [1.165, 1.54) is 0 Å². The van der Waals surface area contributed by atoms with Gasteiger partial charge in [-0.15, -0.1) is 0 Å². The van der Waals surface area contributed by atoms with Crippen LogP contribution in [0.25, 0.3) is 23.0 Å². The summed E-state index contributed by atoms with van der Waals surface area (Å²) in [6.45, 7) is 0.552. The molecule has 6 nitrogen and oxygen atoms in total. The van der Waals surface area contributed by atoms with Gasteiger partial charge in [-0.1, -0.05) is 52.6 Å². The van der Waals surface area contributed by atoms with Crippen molar-refractivity contribution in [3.63, 3.8) is 0 Å². The van der Waals surface area contributed by atoms with Gasteiger partial charge in [0.05, 0.1) is 0 Å². The lowest BCUT2D eigenvalue weighted by Gasteiger charge is -2.08. The fourth-order valence-electron chi connectivity index (χ4n) is 2.83. The summed E-state index contributed by atoms with van der Waals surface area (Å²) in [6, 6.07) is 18.2. The molecule has 0 spiro atoms. The summed E-state index contributed by atoms with van der Waals surface area (Å²) in [6.07, 6.45) is 1.79. The Morgan fingerprint density at radius 1 is 1.03 bits per heavy atom. The Morgan fingerprint density at radius 2 is 1.86 bits per heavy atom. The molecule has 0 saturated heterocycles. The molecule has 4 aromatic rings. The number of benzene rings is 2. The monoisotopic (exact) mass is 426 g/mol. The first-order valence-electron chi connectivity index (χ1n) is 8.85. The van der Waals surface area contributed by atoms with E-state index >= 15 is 0 Å². The number of aromatic nitrogens is 3. The topological polar surface area (TPSA) is 73.0 Å². The van der Waals surface area contributed by atoms with Crippen molar-refractivity contribution in [3.05, 3.63) is 82.5 Å². The lowest BCUT2D eigenvalue weighted by molar-refractivity contribution is -0.121. The molecule has 1 amide bonds. The molecule has 2 aromatic carbocycles. The van der Waals surface area contributed by atoms with Crippen LogP contribution in [0.3, 0.4) is 0 Å². The van der Waals surface area contributed by atoms with Crippen LogP contribution in [0.5, 0.6) is 0 Å². The van der Waals surface area contributed by atoms with E-state index in [0.29, 0.717) is 34.0 Å². The average Bonchev–Trinajstić information content (AvgIpc) is 3.37. The third-order valence-corrected chi connectivity index (χ3v) is 4.76. The molecule has 2 aromatic heterocycles. The predicted molar refractivity (Wildman–Crippen MR) is 111 cm³/mol. The maximum absolute atomic E-state index is 12.4. The molecule has 4 rings (SSSR count). The van der Waals surface area contributed by atoms with Crippen molar-refractivity contribution < 1.29 is 9.32 Å². The van der Waals surface area contributed by atoms with Crippen LogP contribution in [-0.4, -0.2) is 20.6 Å². The number of rotatable bonds is 6. The van der Waals surface area contributed by atoms with E-state index in [1.54, 1.807) is 35.0 Å². The maximum Gasteiger partial charge on any atom is 0.274 e. The van der Waals surface area contributed by atoms with E-state index in [-0.39, 0.29) is 12.5 Å². The highest BCUT2D eigenvalue weighted by Crippen LogP contribution is 2.24. The molecule has 0 atom stereocenters. The quantitative estimate of drug-likeness (QED) is 0.479. The summed E-state index contributed by atoms with van der Waals surface area (Å²) in [5, 5.41) is 8.16. The van der Waals surface area contributed by atoms with Gasteiger partial charge in [0.1, 0.15) is 12.2 Å². The van der Waals surface area contributed by atoms with Gasteiger partial charge >= 0.3 is 0 Å². The summed E-state index contributed by atoms with van der Waals surface area (Å²) >= 11 is 11.9. The van der Waals surface area contributed by atoms with Crippen LogP contribution in [0.15, 0.2) is 71.4 Å². The molecule has 8 heteroatoms. The minimum Gasteiger partial charge on any atom is -0.350 e. The molecular formula is C21H16Cl2N4O2. The Balaban J connectivity index is 1.44. The lowest BCUT2D eigenvalue weighted by Crippen LogP contribution is -2.27. The first kappa shape index (κ1) is 19.2. The highest BCUT2D eigenvalue weighted by molar-refractivity contribution is 6.31. The van der Waals surface area contributed by atoms with E-state index in [2.05, 4.69) is 15.5 Å². The average molecular weight is 427 g/mol. The first-order chi connectivity index (χ1) is 14.1. The number of carbonyl (C=O) groups excluding carboxylic acids is 1. The van der Waals surface area contributed by atoms with Crippen LogP contribution in [0.2, 0.25) is 10.0 Å². The van der Waals surface area contributed by atoms with Gasteiger partial charge in [-0.3, -0.25) is 4.79 Å². The van der Waals surface area contributed by atoms with Gasteiger partial charge in [0.15, 0.2) is 0 Å². The van der Waals surface area contributed by atoms with Crippen molar-refractivity contribution in [2.24, 2.45) is 0 Å². The first-order valence-corrected chi connectivity index (χ1v) is 9.60. The van der Waals surface area contributed by atoms with Gasteiger partial charge in [-0.05, 0) is 42.0 Å². The van der Waals surface area contributed by atoms with Crippen LogP contribution in [0.1, 0.15) is 5.56 Å². The highest BCUT2D eigenvalue weighted by atomic mass is 35.5. The fourth-order valence-corrected chi connectivity index (χ4v) is 3.15. The molecule has 0 bridgehead atoms. The van der Waals surface area contributed by atoms with E-state index < -0.39 is 0 Å². The fraction of sp³-hybridized carbons (Fsp3) is 0.0952. The van der Waals surface area contributed by atoms with Gasteiger partial charge in [0.2, 0.25) is 11.7 Å². The zero-order valence-electron chi connectivity index (χ0n) is 15.2. The second-order valence-corrected chi connectivity index (χ2v) is 7.23. The molecule has 0 aliphatic heterocycles. The van der Waals surface area contributed by atoms with Crippen molar-refractivity contribution in [1.29, 1.82) is 0 Å². The van der Waals surface area contributed by atoms with Crippen molar-refractivity contribution in [2.75, 3.05) is 0 Å². The van der Waals surface area contributed by atoms with E-state index in [0.717, 1.165) is 11.1 Å². The molecule has 0 saturated carbocycles. The Bertz CT molecular complexity index is 1140. The van der Waals surface area contributed by atoms with Crippen molar-refractivity contribution in [1.82, 2.24) is 20.0 Å². The lowest BCUT2D eigenvalue weighted by atomic mass is 10.2. The zero-order chi connectivity index (χ0) is 20.2. The number of nitrogens with one attached hydrogen (secondary N) is 1. The zero-order valence-corrected chi connectivity index (χ0v) is 16.7. The van der Waals surface area contributed by atoms with Gasteiger partial charge in [-0.2, -0.15) is 4.98 Å². The normalized spacial score (nSPS) is 10.8. The second kappa shape index (κ2) is 8.51. The van der Waals surface area contributed by atoms with E-state index in [9.17, 15) is 4.79 Å². The van der Waals surface area contributed by atoms with E-state index in [4.69, 9.17) is 27.7 Å². The molecule has 0 aliphatic rings. The summed E-state index contributed by atoms with van der Waals surface area (Å²) in [4.78, 5) is 16.8. The largest absolute Gasteiger partial charge is 0.350 e. The number of nitrogens with zero attached hydrogens (tertiary/aromatic N) is 3. The number of hydrogen-bond acceptors (Lipinski definition) is 4. The number of halogens is 2. The van der Waals surface area contributed by atoms with Crippen LogP contribution in [0.4, 0.5) is 0 Å². The van der Waals surface area contributed by atoms with Gasteiger partial charge < -0.3 is 14.4 Å². The highest BCUT2D eigenvalue weighted by Gasteiger charge is 2.15. The second-order valence-electron chi connectivity index (χ2n) is 6.36. The Hall–Kier alpha value is -3.09. The minimum absolute atomic E-state index is 0.130. The predicted octanol–water partition coefficient (Wildman–Crippen LogP) is 4.83. The molecule has 2 heterocycles. The molecular weight excluding hydrogens is 411 g/mol. The summed E-state index contributed by atoms with van der Waals surface area (Å²) in [7, 11) is 0. The van der Waals surface area contributed by atoms with E-state index in [1.807, 2.05) is 36.4 Å². The van der Waals surface area contributed by atoms with Crippen LogP contribution >= 0.6 is 23.2 Å². The third-order valence-electron chi connectivity index (χ3n) is 4.27. The standard InChI is InChI=1S/C21H16Cl2N4O2/c22-16-8-6-14(7-9-16)12-24-19(28)13-27-10-2-5-18(27)21-25-20(26-29-21)15-3-1-4-17(23)11-15/h1-11H,12-13H2,(H,24,28). The molecule has 0 unspecified atom stereocenters. The molecule has 0 fully saturated rings. The van der Waals surface area contributed by atoms with Gasteiger partial charge in [-0.25, -0.2) is 0 Å². The Labute approximate surface area is 177 Å². The van der Waals surface area contributed by atoms with Crippen molar-refractivity contribution >= 4 is 29.1 Å². The Morgan fingerprint density at radius 3 is 2.66 bits per heavy atom. The number of amides is 1. The SMILES string of the molecule is O=C(Cn1cccc1-c1nc(-c2cccc(Cl)c2)no1)NCc1ccc(Cl)cc1. The molecule has 0 aliphatic carbocycles. The van der Waals surface area contributed by atoms with Crippen molar-refractivity contribution in [2.45, 2.75) is 13.1 Å². The number of hydrogen-bond donors (Lipinski definition) is 1. The van der Waals surface area contributed by atoms with Gasteiger partial charge in [0, 0.05) is 28.4 Å². The Kier molecular flexibility index (Phi) is 5.64. The minimum atomic E-state index is -0.132.